The van der Waals surface area contributed by atoms with Crippen molar-refractivity contribution in [3.8, 4) is 11.1 Å². The maximum Gasteiger partial charge on any atom is 0.340 e. The molecule has 5 rings (SSSR count). The van der Waals surface area contributed by atoms with E-state index in [9.17, 15) is 19.7 Å². The molecule has 1 aliphatic heterocycles. The van der Waals surface area contributed by atoms with Crippen LogP contribution in [0.1, 0.15) is 62.5 Å². The van der Waals surface area contributed by atoms with Gasteiger partial charge in [-0.15, -0.1) is 0 Å². The predicted molar refractivity (Wildman–Crippen MR) is 171 cm³/mol. The largest absolute Gasteiger partial charge is 0.465 e. The van der Waals surface area contributed by atoms with Crippen molar-refractivity contribution in [3.05, 3.63) is 129 Å². The van der Waals surface area contributed by atoms with Gasteiger partial charge in [0.25, 0.3) is 5.69 Å². The first-order chi connectivity index (χ1) is 21.7. The number of non-ortho nitro benzene ring substituents is 1. The molecule has 9 heteroatoms. The lowest BCUT2D eigenvalue weighted by Crippen LogP contribution is -2.43. The van der Waals surface area contributed by atoms with Gasteiger partial charge in [0.05, 0.1) is 41.2 Å². The van der Waals surface area contributed by atoms with E-state index >= 15 is 0 Å². The number of rotatable bonds is 10. The quantitative estimate of drug-likeness (QED) is 0.0849. The normalized spacial score (nSPS) is 14.5. The van der Waals surface area contributed by atoms with Gasteiger partial charge in [-0.3, -0.25) is 15.1 Å². The molecular weight excluding hydrogens is 570 g/mol. The van der Waals surface area contributed by atoms with E-state index in [-0.39, 0.29) is 34.4 Å². The Morgan fingerprint density at radius 2 is 1.44 bits per heavy atom. The van der Waals surface area contributed by atoms with Gasteiger partial charge in [-0.05, 0) is 62.9 Å². The zero-order valence-electron chi connectivity index (χ0n) is 25.8. The van der Waals surface area contributed by atoms with E-state index in [0.29, 0.717) is 23.4 Å². The van der Waals surface area contributed by atoms with E-state index in [1.165, 1.54) is 36.4 Å². The molecule has 0 atom stereocenters. The summed E-state index contributed by atoms with van der Waals surface area (Å²) >= 11 is 0. The second-order valence-electron chi connectivity index (χ2n) is 11.4. The standard InChI is InChI=1S/C36H37N3O6/c1-25-31(34(40)44-3)33(27-12-10-17-30(24-27)39(42)43)32(26(2)37-25)35(41)45-23-11-20-38-21-18-36(19-22-38,28-13-6-4-7-14-28)29-15-8-5-9-16-29/h4-10,12-17,24H,11,18-23H2,1-3H3. The number of carbonyl (C=O) groups is 2. The van der Waals surface area contributed by atoms with Crippen molar-refractivity contribution in [1.82, 2.24) is 9.88 Å². The average molecular weight is 608 g/mol. The van der Waals surface area contributed by atoms with Crippen molar-refractivity contribution < 1.29 is 24.0 Å². The molecule has 232 valence electrons. The minimum absolute atomic E-state index is 0.0400. The van der Waals surface area contributed by atoms with E-state index in [1.54, 1.807) is 19.9 Å². The van der Waals surface area contributed by atoms with Crippen LogP contribution in [0.2, 0.25) is 0 Å². The fourth-order valence-corrected chi connectivity index (χ4v) is 6.46. The fraction of sp³-hybridized carbons (Fsp3) is 0.306. The minimum atomic E-state index is -0.692. The van der Waals surface area contributed by atoms with Crippen molar-refractivity contribution in [1.29, 1.82) is 0 Å². The first kappa shape index (κ1) is 31.5. The van der Waals surface area contributed by atoms with Gasteiger partial charge < -0.3 is 14.4 Å². The molecule has 3 aromatic carbocycles. The summed E-state index contributed by atoms with van der Waals surface area (Å²) in [5.41, 5.74) is 3.88. The van der Waals surface area contributed by atoms with E-state index < -0.39 is 16.9 Å². The Morgan fingerprint density at radius 3 is 2.00 bits per heavy atom. The topological polar surface area (TPSA) is 112 Å². The van der Waals surface area contributed by atoms with Gasteiger partial charge in [0, 0.05) is 29.7 Å². The first-order valence-corrected chi connectivity index (χ1v) is 15.1. The second-order valence-corrected chi connectivity index (χ2v) is 11.4. The molecule has 0 N–H and O–H groups in total. The number of aromatic nitrogens is 1. The maximum atomic E-state index is 13.5. The summed E-state index contributed by atoms with van der Waals surface area (Å²) in [6.07, 6.45) is 2.60. The van der Waals surface area contributed by atoms with E-state index in [1.807, 2.05) is 0 Å². The zero-order valence-corrected chi connectivity index (χ0v) is 25.8. The highest BCUT2D eigenvalue weighted by Gasteiger charge is 2.37. The molecule has 0 amide bonds. The average Bonchev–Trinajstić information content (AvgIpc) is 3.07. The van der Waals surface area contributed by atoms with Gasteiger partial charge in [-0.25, -0.2) is 9.59 Å². The van der Waals surface area contributed by atoms with Gasteiger partial charge in [0.2, 0.25) is 0 Å². The molecule has 1 saturated heterocycles. The number of hydrogen-bond donors (Lipinski definition) is 0. The van der Waals surface area contributed by atoms with Crippen molar-refractivity contribution in [2.24, 2.45) is 0 Å². The van der Waals surface area contributed by atoms with Crippen LogP contribution in [0, 0.1) is 24.0 Å². The van der Waals surface area contributed by atoms with Crippen LogP contribution in [0.3, 0.4) is 0 Å². The van der Waals surface area contributed by atoms with Crippen molar-refractivity contribution >= 4 is 17.6 Å². The molecule has 0 spiro atoms. The maximum absolute atomic E-state index is 13.5. The third-order valence-corrected chi connectivity index (χ3v) is 8.71. The Balaban J connectivity index is 1.29. The number of nitro groups is 1. The molecule has 0 aliphatic carbocycles. The number of ether oxygens (including phenoxy) is 2. The number of hydrogen-bond acceptors (Lipinski definition) is 8. The highest BCUT2D eigenvalue weighted by atomic mass is 16.6. The van der Waals surface area contributed by atoms with Crippen LogP contribution in [0.25, 0.3) is 11.1 Å². The predicted octanol–water partition coefficient (Wildman–Crippen LogP) is 6.69. The minimum Gasteiger partial charge on any atom is -0.465 e. The van der Waals surface area contributed by atoms with Crippen LogP contribution in [-0.4, -0.2) is 60.1 Å². The van der Waals surface area contributed by atoms with Crippen molar-refractivity contribution in [3.63, 3.8) is 0 Å². The number of esters is 2. The number of pyridine rings is 1. The van der Waals surface area contributed by atoms with E-state index in [2.05, 4.69) is 70.5 Å². The zero-order chi connectivity index (χ0) is 32.0. The number of aryl methyl sites for hydroxylation is 2. The molecule has 1 fully saturated rings. The molecule has 0 unspecified atom stereocenters. The van der Waals surface area contributed by atoms with E-state index in [4.69, 9.17) is 9.47 Å². The van der Waals surface area contributed by atoms with Crippen LogP contribution in [0.4, 0.5) is 5.69 Å². The molecule has 2 heterocycles. The number of nitro benzene ring substituents is 1. The van der Waals surface area contributed by atoms with Crippen molar-refractivity contribution in [2.45, 2.75) is 38.5 Å². The molecule has 1 aromatic heterocycles. The Hall–Kier alpha value is -4.89. The summed E-state index contributed by atoms with van der Waals surface area (Å²) < 4.78 is 10.7. The van der Waals surface area contributed by atoms with Crippen molar-refractivity contribution in [2.75, 3.05) is 33.4 Å². The summed E-state index contributed by atoms with van der Waals surface area (Å²) in [6, 6.07) is 27.2. The molecule has 4 aromatic rings. The summed E-state index contributed by atoms with van der Waals surface area (Å²) in [6.45, 7) is 6.07. The molecule has 9 nitrogen and oxygen atoms in total. The van der Waals surface area contributed by atoms with Crippen LogP contribution in [0.5, 0.6) is 0 Å². The third kappa shape index (κ3) is 6.63. The van der Waals surface area contributed by atoms with Gasteiger partial charge >= 0.3 is 11.9 Å². The molecule has 0 bridgehead atoms. The van der Waals surface area contributed by atoms with Crippen LogP contribution >= 0.6 is 0 Å². The molecule has 1 aliphatic rings. The van der Waals surface area contributed by atoms with Crippen LogP contribution in [-0.2, 0) is 14.9 Å². The monoisotopic (exact) mass is 607 g/mol. The smallest absolute Gasteiger partial charge is 0.340 e. The number of piperidine rings is 1. The van der Waals surface area contributed by atoms with E-state index in [0.717, 1.165) is 32.5 Å². The molecule has 0 radical (unpaired) electrons. The molecular formula is C36H37N3O6. The third-order valence-electron chi connectivity index (χ3n) is 8.71. The lowest BCUT2D eigenvalue weighted by molar-refractivity contribution is -0.384. The summed E-state index contributed by atoms with van der Waals surface area (Å²) in [5.74, 6) is -1.33. The Morgan fingerprint density at radius 1 is 0.867 bits per heavy atom. The highest BCUT2D eigenvalue weighted by molar-refractivity contribution is 6.07. The SMILES string of the molecule is COC(=O)c1c(C)nc(C)c(C(=O)OCCCN2CCC(c3ccccc3)(c3ccccc3)CC2)c1-c1cccc([N+](=O)[O-])c1. The van der Waals surface area contributed by atoms with Gasteiger partial charge in [-0.2, -0.15) is 0 Å². The number of benzene rings is 3. The summed E-state index contributed by atoms with van der Waals surface area (Å²) in [7, 11) is 1.24. The van der Waals surface area contributed by atoms with Crippen LogP contribution in [0.15, 0.2) is 84.9 Å². The Kier molecular flexibility index (Phi) is 9.68. The lowest BCUT2D eigenvalue weighted by Gasteiger charge is -2.43. The Labute approximate surface area is 263 Å². The summed E-state index contributed by atoms with van der Waals surface area (Å²) in [5, 5.41) is 11.5. The van der Waals surface area contributed by atoms with Gasteiger partial charge in [0.15, 0.2) is 0 Å². The molecule has 0 saturated carbocycles. The highest BCUT2D eigenvalue weighted by Crippen LogP contribution is 2.41. The first-order valence-electron chi connectivity index (χ1n) is 15.1. The second kappa shape index (κ2) is 13.8. The Bertz CT molecular complexity index is 1640. The fourth-order valence-electron chi connectivity index (χ4n) is 6.46. The van der Waals surface area contributed by atoms with Gasteiger partial charge in [-0.1, -0.05) is 72.8 Å². The summed E-state index contributed by atoms with van der Waals surface area (Å²) in [4.78, 5) is 44.2. The molecule has 45 heavy (non-hydrogen) atoms. The van der Waals surface area contributed by atoms with Crippen LogP contribution < -0.4 is 0 Å². The number of carbonyl (C=O) groups excluding carboxylic acids is 2. The number of nitrogens with zero attached hydrogens (tertiary/aromatic N) is 3. The van der Waals surface area contributed by atoms with Gasteiger partial charge in [0.1, 0.15) is 0 Å². The number of methoxy groups -OCH3 is 1. The number of likely N-dealkylation sites (tertiary alicyclic amines) is 1. The lowest BCUT2D eigenvalue weighted by atomic mass is 9.68.